The normalized spacial score (nSPS) is 19.4. The van der Waals surface area contributed by atoms with Crippen molar-refractivity contribution < 1.29 is 24.0 Å². The molecule has 1 unspecified atom stereocenters. The van der Waals surface area contributed by atoms with Gasteiger partial charge in [-0.05, 0) is 53.4 Å². The van der Waals surface area contributed by atoms with Gasteiger partial charge in [0.2, 0.25) is 11.8 Å². The zero-order valence-electron chi connectivity index (χ0n) is 22.1. The molecule has 9 nitrogen and oxygen atoms in total. The molecule has 208 valence electrons. The summed E-state index contributed by atoms with van der Waals surface area (Å²) >= 11 is 5.99. The Morgan fingerprint density at radius 3 is 2.10 bits per heavy atom. The third-order valence-electron chi connectivity index (χ3n) is 7.88. The zero-order valence-corrected chi connectivity index (χ0v) is 22.9. The highest BCUT2D eigenvalue weighted by molar-refractivity contribution is 6.30. The van der Waals surface area contributed by atoms with Crippen LogP contribution in [0.15, 0.2) is 66.7 Å². The van der Waals surface area contributed by atoms with Crippen molar-refractivity contribution in [3.8, 4) is 11.1 Å². The summed E-state index contributed by atoms with van der Waals surface area (Å²) in [5.74, 6) is -2.51. The molecule has 0 saturated carbocycles. The second-order valence-corrected chi connectivity index (χ2v) is 10.9. The van der Waals surface area contributed by atoms with Crippen LogP contribution in [0, 0.1) is 0 Å². The van der Waals surface area contributed by atoms with Crippen molar-refractivity contribution >= 4 is 41.1 Å². The molecule has 3 heterocycles. The van der Waals surface area contributed by atoms with Crippen LogP contribution in [-0.2, 0) is 16.1 Å². The van der Waals surface area contributed by atoms with Crippen LogP contribution in [-0.4, -0.2) is 76.5 Å². The summed E-state index contributed by atoms with van der Waals surface area (Å²) in [6.07, 6.45) is 0.132. The van der Waals surface area contributed by atoms with Crippen LogP contribution in [0.4, 0.5) is 0 Å². The van der Waals surface area contributed by atoms with Gasteiger partial charge in [0.15, 0.2) is 0 Å². The Labute approximate surface area is 241 Å². The number of nitrogens with zero attached hydrogens (tertiary/aromatic N) is 3. The Kier molecular flexibility index (Phi) is 7.15. The Balaban J connectivity index is 1.07. The van der Waals surface area contributed by atoms with Gasteiger partial charge in [0.05, 0.1) is 11.1 Å². The molecule has 3 aliphatic rings. The van der Waals surface area contributed by atoms with Crippen molar-refractivity contribution in [1.82, 2.24) is 20.0 Å². The smallest absolute Gasteiger partial charge is 0.262 e. The average Bonchev–Trinajstić information content (AvgIpc) is 3.23. The highest BCUT2D eigenvalue weighted by Crippen LogP contribution is 2.29. The van der Waals surface area contributed by atoms with Gasteiger partial charge in [0, 0.05) is 49.7 Å². The van der Waals surface area contributed by atoms with Crippen LogP contribution in [0.3, 0.4) is 0 Å². The highest BCUT2D eigenvalue weighted by Gasteiger charge is 2.44. The molecule has 3 aliphatic heterocycles. The Morgan fingerprint density at radius 2 is 1.44 bits per heavy atom. The Morgan fingerprint density at radius 1 is 0.805 bits per heavy atom. The molecule has 3 aromatic carbocycles. The molecule has 5 amide bonds. The topological polar surface area (TPSA) is 107 Å². The molecule has 10 heteroatoms. The predicted molar refractivity (Wildman–Crippen MR) is 151 cm³/mol. The molecule has 1 atom stereocenters. The first-order chi connectivity index (χ1) is 19.8. The number of piperidine rings is 1. The molecule has 2 fully saturated rings. The predicted octanol–water partition coefficient (Wildman–Crippen LogP) is 3.37. The molecule has 0 aromatic heterocycles. The van der Waals surface area contributed by atoms with E-state index in [1.54, 1.807) is 11.0 Å². The molecule has 2 saturated heterocycles. The lowest BCUT2D eigenvalue weighted by molar-refractivity contribution is -0.136. The molecule has 0 aliphatic carbocycles. The van der Waals surface area contributed by atoms with Gasteiger partial charge < -0.3 is 4.90 Å². The SMILES string of the molecule is O=C1CCC(N2C(=O)c3ccc(C(=O)N4CCN(Cc5ccc(-c6ccc(Cl)cc6)cc5)CC4)cc3C2=O)C(=O)N1. The fourth-order valence-corrected chi connectivity index (χ4v) is 5.72. The summed E-state index contributed by atoms with van der Waals surface area (Å²) in [4.78, 5) is 68.1. The molecule has 0 spiro atoms. The minimum atomic E-state index is -1.04. The second-order valence-electron chi connectivity index (χ2n) is 10.5. The van der Waals surface area contributed by atoms with Crippen LogP contribution < -0.4 is 5.32 Å². The number of benzene rings is 3. The van der Waals surface area contributed by atoms with Crippen molar-refractivity contribution in [2.75, 3.05) is 26.2 Å². The molecule has 6 rings (SSSR count). The maximum atomic E-state index is 13.3. The van der Waals surface area contributed by atoms with Crippen molar-refractivity contribution in [2.45, 2.75) is 25.4 Å². The number of imide groups is 2. The monoisotopic (exact) mass is 570 g/mol. The number of nitrogens with one attached hydrogen (secondary N) is 1. The number of hydrogen-bond acceptors (Lipinski definition) is 6. The number of carbonyl (C=O) groups is 5. The van der Waals surface area contributed by atoms with Gasteiger partial charge in [-0.25, -0.2) is 0 Å². The van der Waals surface area contributed by atoms with E-state index in [1.807, 2.05) is 24.3 Å². The molecular weight excluding hydrogens is 544 g/mol. The van der Waals surface area contributed by atoms with Crippen LogP contribution in [0.25, 0.3) is 11.1 Å². The first-order valence-electron chi connectivity index (χ1n) is 13.5. The molecule has 3 aromatic rings. The van der Waals surface area contributed by atoms with E-state index in [2.05, 4.69) is 34.5 Å². The van der Waals surface area contributed by atoms with E-state index in [1.165, 1.54) is 17.7 Å². The van der Waals surface area contributed by atoms with E-state index in [4.69, 9.17) is 11.6 Å². The lowest BCUT2D eigenvalue weighted by Gasteiger charge is -2.35. The van der Waals surface area contributed by atoms with Gasteiger partial charge >= 0.3 is 0 Å². The molecule has 0 radical (unpaired) electrons. The maximum Gasteiger partial charge on any atom is 0.262 e. The quantitative estimate of drug-likeness (QED) is 0.471. The van der Waals surface area contributed by atoms with Gasteiger partial charge in [-0.15, -0.1) is 0 Å². The number of hydrogen-bond donors (Lipinski definition) is 1. The van der Waals surface area contributed by atoms with Gasteiger partial charge in [-0.3, -0.25) is 39.1 Å². The summed E-state index contributed by atoms with van der Waals surface area (Å²) < 4.78 is 0. The van der Waals surface area contributed by atoms with Crippen molar-refractivity contribution in [1.29, 1.82) is 0 Å². The van der Waals surface area contributed by atoms with Crippen LogP contribution in [0.5, 0.6) is 0 Å². The van der Waals surface area contributed by atoms with Crippen LogP contribution in [0.2, 0.25) is 5.02 Å². The van der Waals surface area contributed by atoms with Crippen molar-refractivity contribution in [3.05, 3.63) is 94.0 Å². The van der Waals surface area contributed by atoms with Crippen LogP contribution in [0.1, 0.15) is 49.5 Å². The van der Waals surface area contributed by atoms with E-state index in [9.17, 15) is 24.0 Å². The fraction of sp³-hybridized carbons (Fsp3) is 0.258. The minimum Gasteiger partial charge on any atom is -0.336 e. The molecule has 41 heavy (non-hydrogen) atoms. The third-order valence-corrected chi connectivity index (χ3v) is 8.14. The van der Waals surface area contributed by atoms with E-state index in [0.717, 1.165) is 22.6 Å². The van der Waals surface area contributed by atoms with E-state index < -0.39 is 29.7 Å². The fourth-order valence-electron chi connectivity index (χ4n) is 5.60. The van der Waals surface area contributed by atoms with Crippen molar-refractivity contribution in [2.24, 2.45) is 0 Å². The number of fused-ring (bicyclic) bond motifs is 1. The van der Waals surface area contributed by atoms with E-state index in [0.29, 0.717) is 36.8 Å². The Bertz CT molecular complexity index is 1560. The first kappa shape index (κ1) is 26.9. The summed E-state index contributed by atoms with van der Waals surface area (Å²) in [5.41, 5.74) is 3.99. The average molecular weight is 571 g/mol. The number of rotatable bonds is 5. The van der Waals surface area contributed by atoms with Gasteiger partial charge in [-0.2, -0.15) is 0 Å². The third kappa shape index (κ3) is 5.26. The Hall–Kier alpha value is -4.34. The summed E-state index contributed by atoms with van der Waals surface area (Å²) in [7, 11) is 0. The van der Waals surface area contributed by atoms with Gasteiger partial charge in [0.25, 0.3) is 17.7 Å². The zero-order chi connectivity index (χ0) is 28.7. The van der Waals surface area contributed by atoms with Gasteiger partial charge in [0.1, 0.15) is 6.04 Å². The largest absolute Gasteiger partial charge is 0.336 e. The number of halogens is 1. The first-order valence-corrected chi connectivity index (χ1v) is 13.9. The van der Waals surface area contributed by atoms with Gasteiger partial charge in [-0.1, -0.05) is 48.0 Å². The van der Waals surface area contributed by atoms with E-state index >= 15 is 0 Å². The minimum absolute atomic E-state index is 0.0498. The summed E-state index contributed by atoms with van der Waals surface area (Å²) in [6, 6.07) is 19.6. The number of carbonyl (C=O) groups excluding carboxylic acids is 5. The molecule has 1 N–H and O–H groups in total. The number of piperazine rings is 1. The lowest BCUT2D eigenvalue weighted by Crippen LogP contribution is -2.54. The summed E-state index contributed by atoms with van der Waals surface area (Å²) in [6.45, 7) is 3.25. The second kappa shape index (κ2) is 10.9. The standard InChI is InChI=1S/C31H27ClN4O5/c32-23-8-5-21(6-9-23)20-3-1-19(2-4-20)18-34-13-15-35(16-14-34)29(39)22-7-10-24-25(17-22)31(41)36(30(24)40)26-11-12-27(37)33-28(26)38/h1-10,17,26H,11-16,18H2,(H,33,37,38). The number of amides is 5. The maximum absolute atomic E-state index is 13.3. The molecular formula is C31H27ClN4O5. The van der Waals surface area contributed by atoms with Crippen LogP contribution >= 0.6 is 11.6 Å². The van der Waals surface area contributed by atoms with Crippen molar-refractivity contribution in [3.63, 3.8) is 0 Å². The molecule has 0 bridgehead atoms. The lowest BCUT2D eigenvalue weighted by atomic mass is 10.0. The van der Waals surface area contributed by atoms with E-state index in [-0.39, 0.29) is 29.9 Å². The summed E-state index contributed by atoms with van der Waals surface area (Å²) in [5, 5.41) is 2.89. The highest BCUT2D eigenvalue weighted by atomic mass is 35.5.